The first-order valence-corrected chi connectivity index (χ1v) is 8.90. The smallest absolute Gasteiger partial charge is 0.230 e. The summed E-state index contributed by atoms with van der Waals surface area (Å²) in [5.74, 6) is 1.52. The third-order valence-corrected chi connectivity index (χ3v) is 4.78. The van der Waals surface area contributed by atoms with Crippen LogP contribution in [0.25, 0.3) is 0 Å². The van der Waals surface area contributed by atoms with Crippen molar-refractivity contribution in [3.8, 4) is 0 Å². The third kappa shape index (κ3) is 3.72. The topological polar surface area (TPSA) is 80.5 Å². The number of nitrogens with one attached hydrogen (secondary N) is 1. The number of amides is 1. The molecule has 3 heterocycles. The molecule has 0 aliphatic carbocycles. The molecule has 0 saturated carbocycles. The number of anilines is 1. The zero-order valence-electron chi connectivity index (χ0n) is 15.8. The number of carbonyl (C=O) groups excluding carboxylic acids is 1. The molecule has 0 spiro atoms. The van der Waals surface area contributed by atoms with Crippen LogP contribution >= 0.6 is 0 Å². The third-order valence-electron chi connectivity index (χ3n) is 4.78. The van der Waals surface area contributed by atoms with Crippen LogP contribution in [0.1, 0.15) is 36.6 Å². The van der Waals surface area contributed by atoms with Gasteiger partial charge in [0.25, 0.3) is 0 Å². The molecule has 2 aromatic rings. The number of pyridine rings is 1. The molecule has 0 bridgehead atoms. The molecule has 1 N–H and O–H groups in total. The minimum atomic E-state index is -0.726. The Morgan fingerprint density at radius 1 is 1.27 bits per heavy atom. The van der Waals surface area contributed by atoms with E-state index in [-0.39, 0.29) is 5.91 Å². The molecule has 7 heteroatoms. The average molecular weight is 358 g/mol. The first kappa shape index (κ1) is 18.4. The highest BCUT2D eigenvalue weighted by Crippen LogP contribution is 2.29. The molecule has 1 aliphatic rings. The van der Waals surface area contributed by atoms with Crippen molar-refractivity contribution < 1.29 is 14.1 Å². The molecule has 0 atom stereocenters. The highest BCUT2D eigenvalue weighted by Gasteiger charge is 2.35. The van der Waals surface area contributed by atoms with Gasteiger partial charge < -0.3 is 19.5 Å². The maximum atomic E-state index is 12.8. The largest absolute Gasteiger partial charge is 0.378 e. The summed E-state index contributed by atoms with van der Waals surface area (Å²) in [6.45, 7) is 10.9. The van der Waals surface area contributed by atoms with Gasteiger partial charge >= 0.3 is 0 Å². The van der Waals surface area contributed by atoms with Crippen LogP contribution in [-0.4, -0.2) is 42.4 Å². The van der Waals surface area contributed by atoms with Crippen molar-refractivity contribution >= 4 is 11.7 Å². The molecule has 26 heavy (non-hydrogen) atoms. The fourth-order valence-electron chi connectivity index (χ4n) is 3.41. The van der Waals surface area contributed by atoms with Gasteiger partial charge in [-0.25, -0.2) is 4.98 Å². The predicted octanol–water partition coefficient (Wildman–Crippen LogP) is 2.12. The van der Waals surface area contributed by atoms with Crippen LogP contribution < -0.4 is 10.2 Å². The molecule has 2 aromatic heterocycles. The van der Waals surface area contributed by atoms with Crippen LogP contribution in [-0.2, 0) is 21.5 Å². The van der Waals surface area contributed by atoms with Crippen LogP contribution in [0.15, 0.2) is 22.7 Å². The summed E-state index contributed by atoms with van der Waals surface area (Å²) < 4.78 is 10.6. The van der Waals surface area contributed by atoms with Gasteiger partial charge in [0.15, 0.2) is 0 Å². The first-order chi connectivity index (χ1) is 12.4. The second-order valence-corrected chi connectivity index (χ2v) is 7.09. The Kier molecular flexibility index (Phi) is 5.27. The summed E-state index contributed by atoms with van der Waals surface area (Å²) in [6, 6.07) is 5.89. The lowest BCUT2D eigenvalue weighted by atomic mass is 9.82. The molecule has 140 valence electrons. The van der Waals surface area contributed by atoms with Crippen molar-refractivity contribution in [1.29, 1.82) is 0 Å². The summed E-state index contributed by atoms with van der Waals surface area (Å²) in [6.07, 6.45) is 0. The van der Waals surface area contributed by atoms with E-state index in [9.17, 15) is 4.79 Å². The van der Waals surface area contributed by atoms with Gasteiger partial charge in [-0.1, -0.05) is 11.2 Å². The van der Waals surface area contributed by atoms with E-state index in [0.29, 0.717) is 25.5 Å². The normalized spacial score (nSPS) is 15.2. The number of aryl methyl sites for hydroxylation is 2. The van der Waals surface area contributed by atoms with Crippen LogP contribution in [0.5, 0.6) is 0 Å². The molecular weight excluding hydrogens is 332 g/mol. The van der Waals surface area contributed by atoms with E-state index < -0.39 is 5.41 Å². The van der Waals surface area contributed by atoms with Crippen molar-refractivity contribution in [3.63, 3.8) is 0 Å². The highest BCUT2D eigenvalue weighted by atomic mass is 16.5. The molecule has 3 rings (SSSR count). The van der Waals surface area contributed by atoms with Gasteiger partial charge in [0.05, 0.1) is 36.6 Å². The SMILES string of the molecule is Cc1noc(C)c1C(C)(C)C(=O)NCc1cccc(N2CCOCC2)n1. The first-order valence-electron chi connectivity index (χ1n) is 8.90. The zero-order chi connectivity index (χ0) is 18.7. The fraction of sp³-hybridized carbons (Fsp3) is 0.526. The minimum Gasteiger partial charge on any atom is -0.378 e. The number of carbonyl (C=O) groups is 1. The summed E-state index contributed by atoms with van der Waals surface area (Å²) in [5.41, 5.74) is 1.69. The van der Waals surface area contributed by atoms with E-state index in [1.165, 1.54) is 0 Å². The number of ether oxygens (including phenoxy) is 1. The van der Waals surface area contributed by atoms with Crippen molar-refractivity contribution in [2.45, 2.75) is 39.7 Å². The van der Waals surface area contributed by atoms with Crippen molar-refractivity contribution in [1.82, 2.24) is 15.5 Å². The molecule has 1 saturated heterocycles. The van der Waals surface area contributed by atoms with E-state index >= 15 is 0 Å². The van der Waals surface area contributed by atoms with E-state index in [2.05, 4.69) is 20.4 Å². The van der Waals surface area contributed by atoms with Gasteiger partial charge in [-0.15, -0.1) is 0 Å². The van der Waals surface area contributed by atoms with Crippen LogP contribution in [0.4, 0.5) is 5.82 Å². The second kappa shape index (κ2) is 7.45. The van der Waals surface area contributed by atoms with Crippen molar-refractivity contribution in [3.05, 3.63) is 40.9 Å². The Morgan fingerprint density at radius 3 is 2.65 bits per heavy atom. The van der Waals surface area contributed by atoms with E-state index in [1.54, 1.807) is 0 Å². The van der Waals surface area contributed by atoms with E-state index in [1.807, 2.05) is 45.9 Å². The Balaban J connectivity index is 1.67. The maximum Gasteiger partial charge on any atom is 0.230 e. The number of rotatable bonds is 5. The quantitative estimate of drug-likeness (QED) is 0.882. The van der Waals surface area contributed by atoms with Gasteiger partial charge in [-0.3, -0.25) is 4.79 Å². The molecule has 7 nitrogen and oxygen atoms in total. The monoisotopic (exact) mass is 358 g/mol. The van der Waals surface area contributed by atoms with E-state index in [4.69, 9.17) is 9.26 Å². The number of morpholine rings is 1. The van der Waals surface area contributed by atoms with Crippen LogP contribution in [0.3, 0.4) is 0 Å². The van der Waals surface area contributed by atoms with Gasteiger partial charge in [-0.2, -0.15) is 0 Å². The summed E-state index contributed by atoms with van der Waals surface area (Å²) >= 11 is 0. The fourth-order valence-corrected chi connectivity index (χ4v) is 3.41. The van der Waals surface area contributed by atoms with Crippen molar-refractivity contribution in [2.75, 3.05) is 31.2 Å². The van der Waals surface area contributed by atoms with Crippen LogP contribution in [0.2, 0.25) is 0 Å². The van der Waals surface area contributed by atoms with E-state index in [0.717, 1.165) is 35.9 Å². The Bertz CT molecular complexity index is 759. The molecular formula is C19H26N4O3. The molecule has 0 aromatic carbocycles. The zero-order valence-corrected chi connectivity index (χ0v) is 15.8. The molecule has 1 aliphatic heterocycles. The van der Waals surface area contributed by atoms with Crippen molar-refractivity contribution in [2.24, 2.45) is 0 Å². The highest BCUT2D eigenvalue weighted by molar-refractivity contribution is 5.87. The summed E-state index contributed by atoms with van der Waals surface area (Å²) in [7, 11) is 0. The van der Waals surface area contributed by atoms with Crippen LogP contribution in [0, 0.1) is 13.8 Å². The number of aromatic nitrogens is 2. The Labute approximate surface area is 153 Å². The number of hydrogen-bond donors (Lipinski definition) is 1. The molecule has 0 unspecified atom stereocenters. The minimum absolute atomic E-state index is 0.0783. The van der Waals surface area contributed by atoms with Gasteiger partial charge in [-0.05, 0) is 39.8 Å². The lowest BCUT2D eigenvalue weighted by molar-refractivity contribution is -0.125. The summed E-state index contributed by atoms with van der Waals surface area (Å²) in [5, 5.41) is 6.96. The lowest BCUT2D eigenvalue weighted by Gasteiger charge is -2.28. The summed E-state index contributed by atoms with van der Waals surface area (Å²) in [4.78, 5) is 19.7. The lowest BCUT2D eigenvalue weighted by Crippen LogP contribution is -2.40. The molecule has 0 radical (unpaired) electrons. The number of hydrogen-bond acceptors (Lipinski definition) is 6. The second-order valence-electron chi connectivity index (χ2n) is 7.09. The van der Waals surface area contributed by atoms with Gasteiger partial charge in [0.2, 0.25) is 5.91 Å². The van der Waals surface area contributed by atoms with Gasteiger partial charge in [0.1, 0.15) is 11.6 Å². The Morgan fingerprint density at radius 2 is 2.00 bits per heavy atom. The van der Waals surface area contributed by atoms with Gasteiger partial charge in [0, 0.05) is 18.7 Å². The molecule has 1 fully saturated rings. The maximum absolute atomic E-state index is 12.8. The standard InChI is InChI=1S/C19H26N4O3/c1-13-17(14(2)26-22-13)19(3,4)18(24)20-12-15-6-5-7-16(21-15)23-8-10-25-11-9-23/h5-7H,8-12H2,1-4H3,(H,20,24). The predicted molar refractivity (Wildman–Crippen MR) is 98.1 cm³/mol. The molecule has 1 amide bonds. The Hall–Kier alpha value is -2.41. The average Bonchev–Trinajstić information content (AvgIpc) is 2.99. The number of nitrogens with zero attached hydrogens (tertiary/aromatic N) is 3.